The third kappa shape index (κ3) is 3.09. The van der Waals surface area contributed by atoms with Gasteiger partial charge in [0.1, 0.15) is 5.75 Å². The van der Waals surface area contributed by atoms with E-state index in [9.17, 15) is 4.79 Å². The van der Waals surface area contributed by atoms with Crippen LogP contribution in [0.2, 0.25) is 0 Å². The summed E-state index contributed by atoms with van der Waals surface area (Å²) < 4.78 is 6.84. The maximum absolute atomic E-state index is 13.0. The number of rotatable bonds is 5. The van der Waals surface area contributed by atoms with Gasteiger partial charge in [0.25, 0.3) is 5.56 Å². The minimum atomic E-state index is -0.0248. The molecule has 0 atom stereocenters. The van der Waals surface area contributed by atoms with Crippen molar-refractivity contribution in [1.29, 1.82) is 0 Å². The highest BCUT2D eigenvalue weighted by Gasteiger charge is 2.19. The van der Waals surface area contributed by atoms with E-state index in [1.54, 1.807) is 11.6 Å². The molecule has 0 radical (unpaired) electrons. The van der Waals surface area contributed by atoms with Crippen molar-refractivity contribution < 1.29 is 4.74 Å². The Balaban J connectivity index is 1.93. The van der Waals surface area contributed by atoms with Crippen molar-refractivity contribution in [3.63, 3.8) is 0 Å². The van der Waals surface area contributed by atoms with Gasteiger partial charge in [0.05, 0.1) is 7.11 Å². The molecule has 4 rings (SSSR count). The van der Waals surface area contributed by atoms with Crippen LogP contribution in [0.15, 0.2) is 59.4 Å². The Morgan fingerprint density at radius 1 is 1.07 bits per heavy atom. The van der Waals surface area contributed by atoms with Crippen molar-refractivity contribution in [3.05, 3.63) is 87.5 Å². The molecule has 28 heavy (non-hydrogen) atoms. The predicted octanol–water partition coefficient (Wildman–Crippen LogP) is 4.16. The lowest BCUT2D eigenvalue weighted by atomic mass is 10.0. The number of benzene rings is 2. The zero-order valence-corrected chi connectivity index (χ0v) is 16.3. The first-order valence-electron chi connectivity index (χ1n) is 9.43. The molecule has 1 N–H and O–H groups in total. The largest absolute Gasteiger partial charge is 0.497 e. The number of methoxy groups -OCH3 is 1. The lowest BCUT2D eigenvalue weighted by Gasteiger charge is -2.06. The first-order valence-corrected chi connectivity index (χ1v) is 9.43. The molecular formula is C23H23N3O2. The molecule has 4 aromatic rings. The molecule has 0 bridgehead atoms. The van der Waals surface area contributed by atoms with Crippen LogP contribution in [-0.2, 0) is 12.8 Å². The molecule has 0 aliphatic heterocycles. The van der Waals surface area contributed by atoms with E-state index in [1.165, 1.54) is 0 Å². The molecule has 0 unspecified atom stereocenters. The van der Waals surface area contributed by atoms with Gasteiger partial charge in [-0.3, -0.25) is 9.89 Å². The average Bonchev–Trinajstić information content (AvgIpc) is 3.07. The number of aromatic amines is 1. The number of fused-ring (bicyclic) bond motifs is 1. The summed E-state index contributed by atoms with van der Waals surface area (Å²) in [5.41, 5.74) is 6.30. The molecule has 2 aromatic heterocycles. The summed E-state index contributed by atoms with van der Waals surface area (Å²) in [6.45, 7) is 3.89. The Morgan fingerprint density at radius 2 is 1.79 bits per heavy atom. The van der Waals surface area contributed by atoms with Crippen molar-refractivity contribution in [3.8, 4) is 16.9 Å². The van der Waals surface area contributed by atoms with E-state index < -0.39 is 0 Å². The Labute approximate surface area is 163 Å². The SMILES string of the molecule is CCc1c(C)nc2c(-c3ccccc3)c(Cc3ccc(OC)cc3)[nH]n2c1=O. The fourth-order valence-corrected chi connectivity index (χ4v) is 3.65. The van der Waals surface area contributed by atoms with Gasteiger partial charge in [0.2, 0.25) is 0 Å². The summed E-state index contributed by atoms with van der Waals surface area (Å²) >= 11 is 0. The summed E-state index contributed by atoms with van der Waals surface area (Å²) in [6, 6.07) is 18.1. The van der Waals surface area contributed by atoms with Crippen LogP contribution >= 0.6 is 0 Å². The Bertz CT molecular complexity index is 1170. The summed E-state index contributed by atoms with van der Waals surface area (Å²) in [6.07, 6.45) is 1.33. The molecule has 0 saturated heterocycles. The van der Waals surface area contributed by atoms with Gasteiger partial charge in [-0.25, -0.2) is 9.50 Å². The third-order valence-corrected chi connectivity index (χ3v) is 5.11. The minimum Gasteiger partial charge on any atom is -0.497 e. The van der Waals surface area contributed by atoms with Crippen LogP contribution in [0.5, 0.6) is 5.75 Å². The highest BCUT2D eigenvalue weighted by atomic mass is 16.5. The lowest BCUT2D eigenvalue weighted by molar-refractivity contribution is 0.414. The molecule has 0 fully saturated rings. The molecule has 2 heterocycles. The Kier molecular flexibility index (Phi) is 4.74. The second-order valence-corrected chi connectivity index (χ2v) is 6.85. The normalized spacial score (nSPS) is 11.1. The topological polar surface area (TPSA) is 59.4 Å². The Morgan fingerprint density at radius 3 is 2.43 bits per heavy atom. The van der Waals surface area contributed by atoms with Gasteiger partial charge in [-0.15, -0.1) is 0 Å². The zero-order chi connectivity index (χ0) is 19.7. The number of H-pyrrole nitrogens is 1. The van der Waals surface area contributed by atoms with Crippen LogP contribution in [0, 0.1) is 6.92 Å². The Hall–Kier alpha value is -3.34. The van der Waals surface area contributed by atoms with E-state index >= 15 is 0 Å². The van der Waals surface area contributed by atoms with Gasteiger partial charge in [-0.1, -0.05) is 49.4 Å². The van der Waals surface area contributed by atoms with Crippen molar-refractivity contribution in [1.82, 2.24) is 14.6 Å². The van der Waals surface area contributed by atoms with Gasteiger partial charge in [0, 0.05) is 28.9 Å². The molecule has 142 valence electrons. The molecule has 0 amide bonds. The van der Waals surface area contributed by atoms with Gasteiger partial charge >= 0.3 is 0 Å². The first kappa shape index (κ1) is 18.0. The molecule has 5 nitrogen and oxygen atoms in total. The van der Waals surface area contributed by atoms with E-state index in [1.807, 2.05) is 56.3 Å². The molecular weight excluding hydrogens is 350 g/mol. The summed E-state index contributed by atoms with van der Waals surface area (Å²) in [5.74, 6) is 0.824. The molecule has 0 saturated carbocycles. The van der Waals surface area contributed by atoms with Gasteiger partial charge in [0.15, 0.2) is 5.65 Å². The van der Waals surface area contributed by atoms with Crippen LogP contribution < -0.4 is 10.3 Å². The molecule has 0 aliphatic carbocycles. The smallest absolute Gasteiger partial charge is 0.276 e. The summed E-state index contributed by atoms with van der Waals surface area (Å²) in [4.78, 5) is 17.8. The van der Waals surface area contributed by atoms with Crippen molar-refractivity contribution >= 4 is 5.65 Å². The quantitative estimate of drug-likeness (QED) is 0.571. The van der Waals surface area contributed by atoms with Gasteiger partial charge in [-0.2, -0.15) is 0 Å². The highest BCUT2D eigenvalue weighted by molar-refractivity contribution is 5.80. The van der Waals surface area contributed by atoms with Crippen LogP contribution in [0.4, 0.5) is 0 Å². The fraction of sp³-hybridized carbons (Fsp3) is 0.217. The van der Waals surface area contributed by atoms with E-state index in [2.05, 4.69) is 17.2 Å². The summed E-state index contributed by atoms with van der Waals surface area (Å²) in [5, 5.41) is 3.32. The standard InChI is InChI=1S/C23H23N3O2/c1-4-19-15(2)24-22-21(17-8-6-5-7-9-17)20(25-26(22)23(19)27)14-16-10-12-18(28-3)13-11-16/h5-13,25H,4,14H2,1-3H3. The summed E-state index contributed by atoms with van der Waals surface area (Å²) in [7, 11) is 1.66. The highest BCUT2D eigenvalue weighted by Crippen LogP contribution is 2.29. The number of aromatic nitrogens is 3. The average molecular weight is 373 g/mol. The monoisotopic (exact) mass is 373 g/mol. The van der Waals surface area contributed by atoms with Crippen molar-refractivity contribution in [2.24, 2.45) is 0 Å². The van der Waals surface area contributed by atoms with Crippen LogP contribution in [0.1, 0.15) is 29.4 Å². The maximum atomic E-state index is 13.0. The second kappa shape index (κ2) is 7.35. The van der Waals surface area contributed by atoms with Gasteiger partial charge < -0.3 is 4.74 Å². The van der Waals surface area contributed by atoms with E-state index in [0.717, 1.165) is 39.4 Å². The van der Waals surface area contributed by atoms with E-state index in [-0.39, 0.29) is 5.56 Å². The van der Waals surface area contributed by atoms with Gasteiger partial charge in [-0.05, 0) is 36.6 Å². The number of ether oxygens (including phenoxy) is 1. The van der Waals surface area contributed by atoms with Crippen molar-refractivity contribution in [2.45, 2.75) is 26.7 Å². The molecule has 5 heteroatoms. The minimum absolute atomic E-state index is 0.0248. The number of hydrogen-bond acceptors (Lipinski definition) is 3. The van der Waals surface area contributed by atoms with Crippen LogP contribution in [0.3, 0.4) is 0 Å². The maximum Gasteiger partial charge on any atom is 0.276 e. The zero-order valence-electron chi connectivity index (χ0n) is 16.3. The number of nitrogens with zero attached hydrogens (tertiary/aromatic N) is 2. The lowest BCUT2D eigenvalue weighted by Crippen LogP contribution is -2.21. The van der Waals surface area contributed by atoms with E-state index in [4.69, 9.17) is 9.72 Å². The third-order valence-electron chi connectivity index (χ3n) is 5.11. The van der Waals surface area contributed by atoms with Crippen molar-refractivity contribution in [2.75, 3.05) is 7.11 Å². The molecule has 0 aliphatic rings. The van der Waals surface area contributed by atoms with Crippen LogP contribution in [0.25, 0.3) is 16.8 Å². The van der Waals surface area contributed by atoms with E-state index in [0.29, 0.717) is 18.5 Å². The second-order valence-electron chi connectivity index (χ2n) is 6.85. The molecule has 2 aromatic carbocycles. The number of hydrogen-bond donors (Lipinski definition) is 1. The van der Waals surface area contributed by atoms with Crippen LogP contribution in [-0.4, -0.2) is 21.7 Å². The number of aryl methyl sites for hydroxylation is 1. The fourth-order valence-electron chi connectivity index (χ4n) is 3.65. The first-order chi connectivity index (χ1) is 13.6. The predicted molar refractivity (Wildman–Crippen MR) is 111 cm³/mol. The number of nitrogens with one attached hydrogen (secondary N) is 1. The molecule has 0 spiro atoms.